The second-order valence-electron chi connectivity index (χ2n) is 7.69. The molecule has 0 bridgehead atoms. The average molecular weight is 384 g/mol. The molecule has 0 radical (unpaired) electrons. The molecule has 3 nitrogen and oxygen atoms in total. The maximum atomic E-state index is 6.17. The Hall–Kier alpha value is -4.11. The molecule has 3 heteroatoms. The maximum Gasteiger partial charge on any atom is 0.136 e. The van der Waals surface area contributed by atoms with Gasteiger partial charge < -0.3 is 8.98 Å². The van der Waals surface area contributed by atoms with Gasteiger partial charge in [-0.15, -0.1) is 0 Å². The summed E-state index contributed by atoms with van der Waals surface area (Å²) in [6.45, 7) is 0. The van der Waals surface area contributed by atoms with Gasteiger partial charge in [0.2, 0.25) is 0 Å². The number of hydrogen-bond donors (Lipinski definition) is 0. The minimum atomic E-state index is 0.926. The number of aromatic nitrogens is 2. The number of benzene rings is 4. The first-order valence-electron chi connectivity index (χ1n) is 10.1. The zero-order chi connectivity index (χ0) is 19.7. The fraction of sp³-hybridized carbons (Fsp3) is 0. The van der Waals surface area contributed by atoms with Gasteiger partial charge in [-0.3, -0.25) is 4.98 Å². The average Bonchev–Trinajstić information content (AvgIpc) is 3.34. The molecule has 0 amide bonds. The zero-order valence-corrected chi connectivity index (χ0v) is 16.0. The van der Waals surface area contributed by atoms with Crippen LogP contribution in [0.2, 0.25) is 0 Å². The van der Waals surface area contributed by atoms with E-state index < -0.39 is 0 Å². The molecule has 0 spiro atoms. The van der Waals surface area contributed by atoms with Crippen LogP contribution in [0.25, 0.3) is 60.2 Å². The summed E-state index contributed by atoms with van der Waals surface area (Å²) in [4.78, 5) is 4.25. The van der Waals surface area contributed by atoms with Gasteiger partial charge >= 0.3 is 0 Å². The summed E-state index contributed by atoms with van der Waals surface area (Å²) in [7, 11) is 0. The predicted octanol–water partition coefficient (Wildman–Crippen LogP) is 7.23. The second kappa shape index (κ2) is 5.71. The number of pyridine rings is 1. The molecule has 0 saturated carbocycles. The standard InChI is InChI=1S/C27H16N2O/c1-3-7-22-20(5-1)26-23(11-12-25-27(26)21-6-2-4-8-24(21)30-25)29(22)19-10-9-18-16-28-14-13-17(18)15-19/h1-16H. The van der Waals surface area contributed by atoms with Crippen LogP contribution < -0.4 is 0 Å². The van der Waals surface area contributed by atoms with Crippen molar-refractivity contribution >= 4 is 54.5 Å². The summed E-state index contributed by atoms with van der Waals surface area (Å²) in [5.41, 5.74) is 5.38. The molecule has 7 aromatic rings. The van der Waals surface area contributed by atoms with Crippen LogP contribution in [-0.2, 0) is 0 Å². The van der Waals surface area contributed by atoms with Crippen molar-refractivity contribution in [1.82, 2.24) is 9.55 Å². The van der Waals surface area contributed by atoms with Gasteiger partial charge in [0.1, 0.15) is 11.2 Å². The molecule has 30 heavy (non-hydrogen) atoms. The first-order valence-corrected chi connectivity index (χ1v) is 10.1. The van der Waals surface area contributed by atoms with E-state index >= 15 is 0 Å². The molecule has 7 rings (SSSR count). The Kier molecular flexibility index (Phi) is 3.00. The number of fused-ring (bicyclic) bond motifs is 8. The Morgan fingerprint density at radius 1 is 0.633 bits per heavy atom. The van der Waals surface area contributed by atoms with E-state index in [9.17, 15) is 0 Å². The third kappa shape index (κ3) is 2.01. The highest BCUT2D eigenvalue weighted by atomic mass is 16.3. The van der Waals surface area contributed by atoms with Gasteiger partial charge in [0, 0.05) is 45.0 Å². The van der Waals surface area contributed by atoms with E-state index in [1.165, 1.54) is 32.6 Å². The van der Waals surface area contributed by atoms with E-state index in [4.69, 9.17) is 4.42 Å². The topological polar surface area (TPSA) is 31.0 Å². The van der Waals surface area contributed by atoms with E-state index in [-0.39, 0.29) is 0 Å². The Labute approximate surface area is 171 Å². The number of hydrogen-bond acceptors (Lipinski definition) is 2. The van der Waals surface area contributed by atoms with Crippen molar-refractivity contribution in [2.45, 2.75) is 0 Å². The molecule has 140 valence electrons. The highest BCUT2D eigenvalue weighted by molar-refractivity contribution is 6.27. The molecule has 0 aliphatic rings. The molecule has 0 aliphatic carbocycles. The molecule has 3 aromatic heterocycles. The molecule has 0 atom stereocenters. The highest BCUT2D eigenvalue weighted by Crippen LogP contribution is 2.41. The molecule has 0 unspecified atom stereocenters. The van der Waals surface area contributed by atoms with Crippen LogP contribution in [0.15, 0.2) is 102 Å². The van der Waals surface area contributed by atoms with Gasteiger partial charge in [-0.1, -0.05) is 42.5 Å². The van der Waals surface area contributed by atoms with Crippen molar-refractivity contribution in [1.29, 1.82) is 0 Å². The number of nitrogens with zero attached hydrogens (tertiary/aromatic N) is 2. The van der Waals surface area contributed by atoms with Gasteiger partial charge in [0.15, 0.2) is 0 Å². The predicted molar refractivity (Wildman–Crippen MR) is 123 cm³/mol. The highest BCUT2D eigenvalue weighted by Gasteiger charge is 2.18. The quantitative estimate of drug-likeness (QED) is 0.299. The van der Waals surface area contributed by atoms with Crippen molar-refractivity contribution in [2.24, 2.45) is 0 Å². The Morgan fingerprint density at radius 3 is 2.47 bits per heavy atom. The van der Waals surface area contributed by atoms with Crippen molar-refractivity contribution in [3.63, 3.8) is 0 Å². The lowest BCUT2D eigenvalue weighted by molar-refractivity contribution is 0.669. The third-order valence-corrected chi connectivity index (χ3v) is 6.06. The largest absolute Gasteiger partial charge is 0.456 e. The summed E-state index contributed by atoms with van der Waals surface area (Å²) in [6, 6.07) is 29.8. The Bertz CT molecular complexity index is 1750. The summed E-state index contributed by atoms with van der Waals surface area (Å²) >= 11 is 0. The fourth-order valence-electron chi connectivity index (χ4n) is 4.76. The van der Waals surface area contributed by atoms with E-state index in [1.807, 2.05) is 24.5 Å². The second-order valence-corrected chi connectivity index (χ2v) is 7.69. The summed E-state index contributed by atoms with van der Waals surface area (Å²) in [6.07, 6.45) is 3.76. The van der Waals surface area contributed by atoms with Crippen molar-refractivity contribution in [2.75, 3.05) is 0 Å². The molecular formula is C27H16N2O. The third-order valence-electron chi connectivity index (χ3n) is 6.06. The van der Waals surface area contributed by atoms with E-state index in [1.54, 1.807) is 0 Å². The van der Waals surface area contributed by atoms with Crippen LogP contribution in [-0.4, -0.2) is 9.55 Å². The number of furan rings is 1. The molecule has 4 aromatic carbocycles. The first-order chi connectivity index (χ1) is 14.9. The summed E-state index contributed by atoms with van der Waals surface area (Å²) in [5.74, 6) is 0. The van der Waals surface area contributed by atoms with Crippen LogP contribution >= 0.6 is 0 Å². The van der Waals surface area contributed by atoms with Crippen LogP contribution in [0, 0.1) is 0 Å². The number of rotatable bonds is 1. The van der Waals surface area contributed by atoms with Gasteiger partial charge in [0.05, 0.1) is 11.0 Å². The summed E-state index contributed by atoms with van der Waals surface area (Å²) in [5, 5.41) is 7.14. The molecule has 0 aliphatic heterocycles. The molecule has 0 fully saturated rings. The van der Waals surface area contributed by atoms with Gasteiger partial charge in [-0.05, 0) is 47.9 Å². The SMILES string of the molecule is c1ccc2c(c1)oc1ccc3c(c4ccccc4n3-c3ccc4cnccc4c3)c12. The van der Waals surface area contributed by atoms with Crippen molar-refractivity contribution in [3.8, 4) is 5.69 Å². The normalized spacial score (nSPS) is 12.0. The van der Waals surface area contributed by atoms with E-state index in [0.29, 0.717) is 0 Å². The van der Waals surface area contributed by atoms with E-state index in [2.05, 4.69) is 82.3 Å². The minimum Gasteiger partial charge on any atom is -0.456 e. The number of para-hydroxylation sites is 2. The van der Waals surface area contributed by atoms with Crippen molar-refractivity contribution in [3.05, 3.63) is 97.3 Å². The van der Waals surface area contributed by atoms with E-state index in [0.717, 1.165) is 27.6 Å². The van der Waals surface area contributed by atoms with Gasteiger partial charge in [-0.2, -0.15) is 0 Å². The summed E-state index contributed by atoms with van der Waals surface area (Å²) < 4.78 is 8.52. The molecule has 0 saturated heterocycles. The molecule has 3 heterocycles. The lowest BCUT2D eigenvalue weighted by Crippen LogP contribution is -1.93. The van der Waals surface area contributed by atoms with Crippen LogP contribution in [0.5, 0.6) is 0 Å². The Balaban J connectivity index is 1.70. The zero-order valence-electron chi connectivity index (χ0n) is 16.0. The first kappa shape index (κ1) is 15.8. The lowest BCUT2D eigenvalue weighted by Gasteiger charge is -2.09. The monoisotopic (exact) mass is 384 g/mol. The smallest absolute Gasteiger partial charge is 0.136 e. The van der Waals surface area contributed by atoms with Gasteiger partial charge in [-0.25, -0.2) is 0 Å². The van der Waals surface area contributed by atoms with Crippen LogP contribution in [0.1, 0.15) is 0 Å². The minimum absolute atomic E-state index is 0.926. The van der Waals surface area contributed by atoms with Crippen LogP contribution in [0.4, 0.5) is 0 Å². The van der Waals surface area contributed by atoms with Crippen LogP contribution in [0.3, 0.4) is 0 Å². The van der Waals surface area contributed by atoms with Crippen molar-refractivity contribution < 1.29 is 4.42 Å². The molecule has 0 N–H and O–H groups in total. The molecular weight excluding hydrogens is 368 g/mol. The maximum absolute atomic E-state index is 6.17. The van der Waals surface area contributed by atoms with Gasteiger partial charge in [0.25, 0.3) is 0 Å². The Morgan fingerprint density at radius 2 is 1.50 bits per heavy atom. The fourth-order valence-corrected chi connectivity index (χ4v) is 4.76. The lowest BCUT2D eigenvalue weighted by atomic mass is 10.1.